The summed E-state index contributed by atoms with van der Waals surface area (Å²) < 4.78 is 0. The number of halogens is 2. The van der Waals surface area contributed by atoms with E-state index in [9.17, 15) is 9.59 Å². The van der Waals surface area contributed by atoms with E-state index >= 15 is 0 Å². The van der Waals surface area contributed by atoms with E-state index in [1.165, 1.54) is 12.8 Å². The van der Waals surface area contributed by atoms with Crippen molar-refractivity contribution in [2.24, 2.45) is 11.7 Å². The van der Waals surface area contributed by atoms with Gasteiger partial charge in [-0.1, -0.05) is 36.8 Å². The van der Waals surface area contributed by atoms with Crippen molar-refractivity contribution in [3.8, 4) is 0 Å². The number of nitrogens with one attached hydrogen (secondary N) is 1. The van der Waals surface area contributed by atoms with Gasteiger partial charge in [0.1, 0.15) is 6.04 Å². The number of piperazine rings is 1. The highest BCUT2D eigenvalue weighted by Gasteiger charge is 2.27. The molecular formula is C22H36Cl2N4O2. The molecule has 170 valence electrons. The molecule has 2 amide bonds. The number of rotatable bonds is 5. The third-order valence-corrected chi connectivity index (χ3v) is 6.13. The smallest absolute Gasteiger partial charge is 0.244 e. The second-order valence-electron chi connectivity index (χ2n) is 8.51. The zero-order chi connectivity index (χ0) is 20.1. The van der Waals surface area contributed by atoms with E-state index in [2.05, 4.69) is 17.1 Å². The summed E-state index contributed by atoms with van der Waals surface area (Å²) in [6.07, 6.45) is 4.58. The molecule has 1 heterocycles. The predicted octanol–water partition coefficient (Wildman–Crippen LogP) is 2.68. The first-order valence-corrected chi connectivity index (χ1v) is 10.5. The minimum absolute atomic E-state index is 0. The molecule has 1 aliphatic heterocycles. The highest BCUT2D eigenvalue weighted by molar-refractivity contribution is 5.85. The minimum Gasteiger partial charge on any atom is -0.352 e. The van der Waals surface area contributed by atoms with Crippen LogP contribution in [-0.2, 0) is 9.59 Å². The summed E-state index contributed by atoms with van der Waals surface area (Å²) in [5.41, 5.74) is 8.18. The number of carbonyl (C=O) groups excluding carboxylic acids is 2. The van der Waals surface area contributed by atoms with Crippen molar-refractivity contribution < 1.29 is 9.59 Å². The van der Waals surface area contributed by atoms with E-state index < -0.39 is 6.04 Å². The molecule has 1 saturated carbocycles. The third kappa shape index (κ3) is 7.41. The van der Waals surface area contributed by atoms with Gasteiger partial charge in [0.05, 0.1) is 6.54 Å². The van der Waals surface area contributed by atoms with Crippen LogP contribution < -0.4 is 11.1 Å². The van der Waals surface area contributed by atoms with Gasteiger partial charge in [-0.2, -0.15) is 0 Å². The van der Waals surface area contributed by atoms with Crippen LogP contribution in [-0.4, -0.2) is 60.4 Å². The number of hydrogen-bond donors (Lipinski definition) is 2. The summed E-state index contributed by atoms with van der Waals surface area (Å²) in [5.74, 6) is 0.852. The van der Waals surface area contributed by atoms with Gasteiger partial charge in [-0.15, -0.1) is 24.8 Å². The maximum absolute atomic E-state index is 12.7. The van der Waals surface area contributed by atoms with Gasteiger partial charge in [-0.05, 0) is 44.1 Å². The van der Waals surface area contributed by atoms with Gasteiger partial charge in [0, 0.05) is 32.2 Å². The number of amides is 2. The lowest BCUT2D eigenvalue weighted by molar-refractivity contribution is -0.134. The Bertz CT molecular complexity index is 670. The molecule has 3 rings (SSSR count). The number of nitrogens with zero attached hydrogens (tertiary/aromatic N) is 2. The van der Waals surface area contributed by atoms with Crippen LogP contribution in [0.1, 0.15) is 49.8 Å². The van der Waals surface area contributed by atoms with Gasteiger partial charge in [0.2, 0.25) is 11.8 Å². The molecule has 1 aromatic carbocycles. The van der Waals surface area contributed by atoms with Crippen LogP contribution in [0.5, 0.6) is 0 Å². The molecule has 1 unspecified atom stereocenters. The largest absolute Gasteiger partial charge is 0.352 e. The van der Waals surface area contributed by atoms with Gasteiger partial charge < -0.3 is 16.0 Å². The second kappa shape index (κ2) is 12.5. The lowest BCUT2D eigenvalue weighted by atomic mass is 9.87. The standard InChI is InChI=1S/C22H34N4O2.2ClH/c1-16-3-7-18(8-4-16)21(23)22(28)26-13-11-25(12-14-26)15-20(27)24-19-9-5-17(2)6-10-19;;/h3-4,7-8,17,19,21H,5-6,9-15,23H2,1-2H3,(H,24,27);2*1H. The van der Waals surface area contributed by atoms with Crippen molar-refractivity contribution in [2.75, 3.05) is 32.7 Å². The molecule has 1 aromatic rings. The van der Waals surface area contributed by atoms with Crippen LogP contribution in [0.15, 0.2) is 24.3 Å². The van der Waals surface area contributed by atoms with Crippen LogP contribution in [0.25, 0.3) is 0 Å². The molecule has 0 spiro atoms. The van der Waals surface area contributed by atoms with Gasteiger partial charge >= 0.3 is 0 Å². The lowest BCUT2D eigenvalue weighted by Crippen LogP contribution is -2.53. The molecule has 8 heteroatoms. The van der Waals surface area contributed by atoms with E-state index in [0.717, 1.165) is 29.9 Å². The Morgan fingerprint density at radius 1 is 1.03 bits per heavy atom. The van der Waals surface area contributed by atoms with Gasteiger partial charge in [-0.25, -0.2) is 0 Å². The highest BCUT2D eigenvalue weighted by Crippen LogP contribution is 2.23. The fraction of sp³-hybridized carbons (Fsp3) is 0.636. The summed E-state index contributed by atoms with van der Waals surface area (Å²) in [6.45, 7) is 7.37. The fourth-order valence-corrected chi connectivity index (χ4v) is 4.12. The maximum Gasteiger partial charge on any atom is 0.244 e. The molecule has 1 aliphatic carbocycles. The molecule has 0 bridgehead atoms. The molecule has 3 N–H and O–H groups in total. The van der Waals surface area contributed by atoms with E-state index in [4.69, 9.17) is 5.73 Å². The van der Waals surface area contributed by atoms with E-state index in [1.807, 2.05) is 36.1 Å². The normalized spacial score (nSPS) is 23.0. The lowest BCUT2D eigenvalue weighted by Gasteiger charge is -2.36. The Kier molecular flexibility index (Phi) is 11.1. The van der Waals surface area contributed by atoms with Crippen molar-refractivity contribution in [2.45, 2.75) is 51.6 Å². The van der Waals surface area contributed by atoms with Crippen molar-refractivity contribution >= 4 is 36.6 Å². The van der Waals surface area contributed by atoms with Crippen LogP contribution >= 0.6 is 24.8 Å². The molecular weight excluding hydrogens is 423 g/mol. The molecule has 1 atom stereocenters. The van der Waals surface area contributed by atoms with Crippen LogP contribution in [0.4, 0.5) is 0 Å². The van der Waals surface area contributed by atoms with Crippen molar-refractivity contribution in [1.82, 2.24) is 15.1 Å². The maximum atomic E-state index is 12.7. The molecule has 30 heavy (non-hydrogen) atoms. The van der Waals surface area contributed by atoms with Gasteiger partial charge in [0.15, 0.2) is 0 Å². The topological polar surface area (TPSA) is 78.7 Å². The molecule has 2 aliphatic rings. The number of aryl methyl sites for hydroxylation is 1. The fourth-order valence-electron chi connectivity index (χ4n) is 4.12. The van der Waals surface area contributed by atoms with Crippen molar-refractivity contribution in [1.29, 1.82) is 0 Å². The average Bonchev–Trinajstić information content (AvgIpc) is 2.70. The number of hydrogen-bond acceptors (Lipinski definition) is 4. The van der Waals surface area contributed by atoms with Crippen molar-refractivity contribution in [3.05, 3.63) is 35.4 Å². The molecule has 0 radical (unpaired) electrons. The molecule has 6 nitrogen and oxygen atoms in total. The molecule has 1 saturated heterocycles. The molecule has 0 aromatic heterocycles. The van der Waals surface area contributed by atoms with E-state index in [0.29, 0.717) is 38.8 Å². The Balaban J connectivity index is 0.00000225. The monoisotopic (exact) mass is 458 g/mol. The van der Waals surface area contributed by atoms with Crippen LogP contribution in [0.2, 0.25) is 0 Å². The highest BCUT2D eigenvalue weighted by atomic mass is 35.5. The van der Waals surface area contributed by atoms with Gasteiger partial charge in [-0.3, -0.25) is 14.5 Å². The average molecular weight is 459 g/mol. The second-order valence-corrected chi connectivity index (χ2v) is 8.51. The summed E-state index contributed by atoms with van der Waals surface area (Å²) >= 11 is 0. The first-order chi connectivity index (χ1) is 13.4. The zero-order valence-corrected chi connectivity index (χ0v) is 19.6. The Morgan fingerprint density at radius 3 is 2.17 bits per heavy atom. The van der Waals surface area contributed by atoms with E-state index in [-0.39, 0.29) is 36.6 Å². The van der Waals surface area contributed by atoms with Crippen LogP contribution in [0.3, 0.4) is 0 Å². The number of nitrogens with two attached hydrogens (primary N) is 1. The van der Waals surface area contributed by atoms with Crippen LogP contribution in [0, 0.1) is 12.8 Å². The Hall–Kier alpha value is -1.34. The Morgan fingerprint density at radius 2 is 1.60 bits per heavy atom. The van der Waals surface area contributed by atoms with Crippen molar-refractivity contribution in [3.63, 3.8) is 0 Å². The van der Waals surface area contributed by atoms with E-state index in [1.54, 1.807) is 0 Å². The third-order valence-electron chi connectivity index (χ3n) is 6.13. The summed E-state index contributed by atoms with van der Waals surface area (Å²) in [7, 11) is 0. The first-order valence-electron chi connectivity index (χ1n) is 10.5. The molecule has 2 fully saturated rings. The quantitative estimate of drug-likeness (QED) is 0.710. The zero-order valence-electron chi connectivity index (χ0n) is 18.0. The SMILES string of the molecule is Cc1ccc(C(N)C(=O)N2CCN(CC(=O)NC3CCC(C)CC3)CC2)cc1.Cl.Cl. The minimum atomic E-state index is -0.621. The summed E-state index contributed by atoms with van der Waals surface area (Å²) in [5, 5.41) is 3.18. The Labute approximate surface area is 192 Å². The number of carbonyl (C=O) groups is 2. The van der Waals surface area contributed by atoms with Gasteiger partial charge in [0.25, 0.3) is 0 Å². The number of benzene rings is 1. The summed E-state index contributed by atoms with van der Waals surface area (Å²) in [4.78, 5) is 29.0. The summed E-state index contributed by atoms with van der Waals surface area (Å²) in [6, 6.07) is 7.51. The first kappa shape index (κ1) is 26.7. The predicted molar refractivity (Wildman–Crippen MR) is 125 cm³/mol.